The first-order valence-electron chi connectivity index (χ1n) is 11.3. The van der Waals surface area contributed by atoms with Crippen LogP contribution in [0.3, 0.4) is 0 Å². The molecule has 162 valence electrons. The van der Waals surface area contributed by atoms with Gasteiger partial charge in [0.25, 0.3) is 0 Å². The second-order valence-corrected chi connectivity index (χ2v) is 10.7. The van der Waals surface area contributed by atoms with Crippen molar-refractivity contribution in [1.29, 1.82) is 0 Å². The van der Waals surface area contributed by atoms with Gasteiger partial charge < -0.3 is 4.42 Å². The number of pyridine rings is 1. The third-order valence-electron chi connectivity index (χ3n) is 6.43. The summed E-state index contributed by atoms with van der Waals surface area (Å²) in [6, 6.07) is 23.8. The van der Waals surface area contributed by atoms with Gasteiger partial charge in [-0.3, -0.25) is 4.98 Å². The summed E-state index contributed by atoms with van der Waals surface area (Å²) >= 11 is 1.78. The van der Waals surface area contributed by atoms with Crippen LogP contribution in [-0.4, -0.2) is 4.98 Å². The van der Waals surface area contributed by atoms with E-state index in [0.29, 0.717) is 0 Å². The normalized spacial score (nSPS) is 12.2. The summed E-state index contributed by atoms with van der Waals surface area (Å²) < 4.78 is 7.84. The number of nitrogens with zero attached hydrogens (tertiary/aromatic N) is 1. The summed E-state index contributed by atoms with van der Waals surface area (Å²) in [4.78, 5) is 4.79. The number of furan rings is 1. The fraction of sp³-hybridized carbons (Fsp3) is 0.167. The van der Waals surface area contributed by atoms with Crippen LogP contribution in [0.15, 0.2) is 82.7 Å². The number of hydrogen-bond donors (Lipinski definition) is 0. The molecular formula is C30H25NOS. The van der Waals surface area contributed by atoms with Crippen molar-refractivity contribution in [2.45, 2.75) is 33.1 Å². The van der Waals surface area contributed by atoms with Crippen LogP contribution in [-0.2, 0) is 5.41 Å². The zero-order valence-electron chi connectivity index (χ0n) is 19.3. The van der Waals surface area contributed by atoms with Crippen LogP contribution in [0, 0.1) is 6.92 Å². The van der Waals surface area contributed by atoms with Gasteiger partial charge in [-0.15, -0.1) is 11.3 Å². The molecule has 3 aromatic heterocycles. The maximum absolute atomic E-state index is 6.55. The average Bonchev–Trinajstić information content (AvgIpc) is 3.41. The molecule has 0 aliphatic carbocycles. The molecule has 0 saturated carbocycles. The Bertz CT molecular complexity index is 1660. The molecule has 0 unspecified atom stereocenters. The quantitative estimate of drug-likeness (QED) is 0.264. The Morgan fingerprint density at radius 2 is 1.73 bits per heavy atom. The van der Waals surface area contributed by atoms with E-state index >= 15 is 0 Å². The Labute approximate surface area is 197 Å². The lowest BCUT2D eigenvalue weighted by molar-refractivity contribution is 0.596. The van der Waals surface area contributed by atoms with Gasteiger partial charge in [-0.05, 0) is 69.9 Å². The van der Waals surface area contributed by atoms with E-state index in [2.05, 4.69) is 93.7 Å². The van der Waals surface area contributed by atoms with Gasteiger partial charge in [0.15, 0.2) is 5.58 Å². The number of benzene rings is 3. The summed E-state index contributed by atoms with van der Waals surface area (Å²) in [7, 11) is 0. The van der Waals surface area contributed by atoms with Crippen molar-refractivity contribution in [3.8, 4) is 22.6 Å². The Morgan fingerprint density at radius 1 is 0.879 bits per heavy atom. The molecule has 0 aliphatic rings. The summed E-state index contributed by atoms with van der Waals surface area (Å²) in [5, 5.41) is 7.08. The van der Waals surface area contributed by atoms with Crippen LogP contribution in [0.5, 0.6) is 0 Å². The minimum Gasteiger partial charge on any atom is -0.454 e. The van der Waals surface area contributed by atoms with E-state index in [1.54, 1.807) is 11.3 Å². The summed E-state index contributed by atoms with van der Waals surface area (Å²) in [5.74, 6) is 0.892. The molecule has 0 aliphatic heterocycles. The highest BCUT2D eigenvalue weighted by Crippen LogP contribution is 2.40. The van der Waals surface area contributed by atoms with Gasteiger partial charge in [-0.25, -0.2) is 0 Å². The second-order valence-electron chi connectivity index (χ2n) is 9.78. The van der Waals surface area contributed by atoms with E-state index < -0.39 is 0 Å². The molecule has 2 nitrogen and oxygen atoms in total. The van der Waals surface area contributed by atoms with Gasteiger partial charge in [0.1, 0.15) is 11.5 Å². The molecule has 3 heteroatoms. The van der Waals surface area contributed by atoms with Gasteiger partial charge in [0.2, 0.25) is 0 Å². The lowest BCUT2D eigenvalue weighted by Crippen LogP contribution is -2.12. The fourth-order valence-corrected chi connectivity index (χ4v) is 5.79. The second kappa shape index (κ2) is 7.29. The highest BCUT2D eigenvalue weighted by molar-refractivity contribution is 7.17. The molecular weight excluding hydrogens is 422 g/mol. The predicted molar refractivity (Wildman–Crippen MR) is 141 cm³/mol. The van der Waals surface area contributed by atoms with Crippen LogP contribution < -0.4 is 0 Å². The molecule has 0 radical (unpaired) electrons. The molecule has 0 atom stereocenters. The Kier molecular flexibility index (Phi) is 4.46. The molecule has 0 fully saturated rings. The molecule has 0 spiro atoms. The summed E-state index contributed by atoms with van der Waals surface area (Å²) in [5.41, 5.74) is 6.59. The Hall–Kier alpha value is -3.43. The SMILES string of the molecule is Cc1csc2cccc(-c3cc4ccnc(-c5cc(C(C)(C)C)c6ccccc6c5)c4o3)c12. The average molecular weight is 448 g/mol. The van der Waals surface area contributed by atoms with Crippen molar-refractivity contribution in [2.75, 3.05) is 0 Å². The van der Waals surface area contributed by atoms with Gasteiger partial charge >= 0.3 is 0 Å². The van der Waals surface area contributed by atoms with E-state index in [1.807, 2.05) is 12.3 Å². The van der Waals surface area contributed by atoms with Crippen molar-refractivity contribution in [3.63, 3.8) is 0 Å². The molecule has 0 amide bonds. The maximum Gasteiger partial charge on any atom is 0.161 e. The number of hydrogen-bond acceptors (Lipinski definition) is 3. The highest BCUT2D eigenvalue weighted by atomic mass is 32.1. The summed E-state index contributed by atoms with van der Waals surface area (Å²) in [6.07, 6.45) is 1.89. The first-order chi connectivity index (χ1) is 15.9. The van der Waals surface area contributed by atoms with Crippen molar-refractivity contribution in [2.24, 2.45) is 0 Å². The molecule has 0 N–H and O–H groups in total. The first-order valence-corrected chi connectivity index (χ1v) is 12.2. The van der Waals surface area contributed by atoms with E-state index in [-0.39, 0.29) is 5.41 Å². The number of thiophene rings is 1. The molecule has 33 heavy (non-hydrogen) atoms. The van der Waals surface area contributed by atoms with Crippen LogP contribution in [0.2, 0.25) is 0 Å². The number of fused-ring (bicyclic) bond motifs is 3. The Balaban J connectivity index is 1.60. The largest absolute Gasteiger partial charge is 0.454 e. The van der Waals surface area contributed by atoms with E-state index in [4.69, 9.17) is 9.40 Å². The zero-order valence-corrected chi connectivity index (χ0v) is 20.1. The molecule has 6 rings (SSSR count). The van der Waals surface area contributed by atoms with Crippen LogP contribution >= 0.6 is 11.3 Å². The minimum absolute atomic E-state index is 0.0178. The third-order valence-corrected chi connectivity index (χ3v) is 7.49. The topological polar surface area (TPSA) is 26.0 Å². The molecule has 0 bridgehead atoms. The predicted octanol–water partition coefficient (Wildman–Crippen LogP) is 9.14. The third kappa shape index (κ3) is 3.27. The fourth-order valence-electron chi connectivity index (χ4n) is 4.82. The lowest BCUT2D eigenvalue weighted by atomic mass is 9.82. The summed E-state index contributed by atoms with van der Waals surface area (Å²) in [6.45, 7) is 8.96. The smallest absolute Gasteiger partial charge is 0.161 e. The lowest BCUT2D eigenvalue weighted by Gasteiger charge is -2.22. The van der Waals surface area contributed by atoms with Gasteiger partial charge in [0.05, 0.1) is 0 Å². The van der Waals surface area contributed by atoms with Crippen LogP contribution in [0.1, 0.15) is 31.9 Å². The van der Waals surface area contributed by atoms with E-state index in [0.717, 1.165) is 33.6 Å². The van der Waals surface area contributed by atoms with Gasteiger partial charge in [0, 0.05) is 32.8 Å². The molecule has 0 saturated heterocycles. The first kappa shape index (κ1) is 20.2. The highest BCUT2D eigenvalue weighted by Gasteiger charge is 2.21. The standard InChI is InChI=1S/C30H25NOS/c1-18-17-33-26-11-7-10-23(27(18)26)25-16-20-12-13-31-28(29(20)32-25)21-14-19-8-5-6-9-22(19)24(15-21)30(2,3)4/h5-17H,1-4H3. The van der Waals surface area contributed by atoms with Gasteiger partial charge in [-0.2, -0.15) is 0 Å². The molecule has 3 heterocycles. The Morgan fingerprint density at radius 3 is 2.58 bits per heavy atom. The van der Waals surface area contributed by atoms with Crippen LogP contribution in [0.4, 0.5) is 0 Å². The molecule has 6 aromatic rings. The number of aromatic nitrogens is 1. The minimum atomic E-state index is 0.0178. The van der Waals surface area contributed by atoms with E-state index in [9.17, 15) is 0 Å². The van der Waals surface area contributed by atoms with Gasteiger partial charge in [-0.1, -0.05) is 57.2 Å². The zero-order chi connectivity index (χ0) is 22.7. The van der Waals surface area contributed by atoms with E-state index in [1.165, 1.54) is 32.0 Å². The van der Waals surface area contributed by atoms with Crippen molar-refractivity contribution in [1.82, 2.24) is 4.98 Å². The van der Waals surface area contributed by atoms with Crippen LogP contribution in [0.25, 0.3) is 54.4 Å². The monoisotopic (exact) mass is 447 g/mol. The molecule has 3 aromatic carbocycles. The maximum atomic E-state index is 6.55. The number of rotatable bonds is 2. The van der Waals surface area contributed by atoms with Crippen molar-refractivity contribution in [3.05, 3.63) is 89.4 Å². The van der Waals surface area contributed by atoms with Crippen molar-refractivity contribution < 1.29 is 4.42 Å². The van der Waals surface area contributed by atoms with Crippen molar-refractivity contribution >= 4 is 43.2 Å². The number of aryl methyl sites for hydroxylation is 1.